The number of piperidine rings is 1. The van der Waals surface area contributed by atoms with Crippen molar-refractivity contribution in [3.63, 3.8) is 0 Å². The summed E-state index contributed by atoms with van der Waals surface area (Å²) in [5.41, 5.74) is 2.68. The van der Waals surface area contributed by atoms with Gasteiger partial charge in [0.1, 0.15) is 5.69 Å². The lowest BCUT2D eigenvalue weighted by atomic mass is 9.92. The number of aromatic nitrogens is 5. The van der Waals surface area contributed by atoms with E-state index in [1.54, 1.807) is 19.2 Å². The third-order valence-electron chi connectivity index (χ3n) is 6.01. The fourth-order valence-electron chi connectivity index (χ4n) is 4.43. The van der Waals surface area contributed by atoms with Crippen LogP contribution in [0.3, 0.4) is 0 Å². The average Bonchev–Trinajstić information content (AvgIpc) is 3.39. The first-order valence-electron chi connectivity index (χ1n) is 10.6. The molecule has 166 valence electrons. The summed E-state index contributed by atoms with van der Waals surface area (Å²) in [6.07, 6.45) is 2.64. The number of rotatable bonds is 4. The molecule has 0 aliphatic carbocycles. The van der Waals surface area contributed by atoms with E-state index in [1.807, 2.05) is 30.6 Å². The number of fused-ring (bicyclic) bond motifs is 1. The van der Waals surface area contributed by atoms with E-state index in [0.29, 0.717) is 11.4 Å². The van der Waals surface area contributed by atoms with Gasteiger partial charge < -0.3 is 4.57 Å². The molecule has 5 heterocycles. The van der Waals surface area contributed by atoms with E-state index in [9.17, 15) is 13.2 Å². The predicted molar refractivity (Wildman–Crippen MR) is 114 cm³/mol. The van der Waals surface area contributed by atoms with Crippen molar-refractivity contribution in [2.45, 2.75) is 38.4 Å². The summed E-state index contributed by atoms with van der Waals surface area (Å²) in [4.78, 5) is 11.0. The largest absolute Gasteiger partial charge is 0.433 e. The number of nitrogens with zero attached hydrogens (tertiary/aromatic N) is 6. The second-order valence-electron chi connectivity index (χ2n) is 8.25. The van der Waals surface area contributed by atoms with E-state index in [2.05, 4.69) is 30.6 Å². The molecule has 4 aromatic heterocycles. The van der Waals surface area contributed by atoms with Gasteiger partial charge in [0.05, 0.1) is 17.6 Å². The van der Waals surface area contributed by atoms with Crippen LogP contribution in [-0.2, 0) is 12.7 Å². The summed E-state index contributed by atoms with van der Waals surface area (Å²) >= 11 is 0. The Bertz CT molecular complexity index is 1220. The highest BCUT2D eigenvalue weighted by atomic mass is 19.4. The quantitative estimate of drug-likeness (QED) is 0.465. The molecular weight excluding hydrogens is 417 g/mol. The van der Waals surface area contributed by atoms with Crippen molar-refractivity contribution in [2.75, 3.05) is 13.1 Å². The van der Waals surface area contributed by atoms with Crippen molar-refractivity contribution in [3.05, 3.63) is 77.8 Å². The SMILES string of the molecule is Cc1cc2nc(C3CCN(Cc4cccn4-c4cccnc4)CC3)cc(C(F)(F)F)n2n1. The Morgan fingerprint density at radius 3 is 2.62 bits per heavy atom. The molecule has 0 unspecified atom stereocenters. The molecule has 0 saturated carbocycles. The zero-order valence-electron chi connectivity index (χ0n) is 17.6. The number of alkyl halides is 3. The fourth-order valence-corrected chi connectivity index (χ4v) is 4.43. The van der Waals surface area contributed by atoms with Gasteiger partial charge >= 0.3 is 6.18 Å². The minimum atomic E-state index is -4.48. The molecule has 32 heavy (non-hydrogen) atoms. The summed E-state index contributed by atoms with van der Waals surface area (Å²) in [5.74, 6) is -0.00216. The van der Waals surface area contributed by atoms with Crippen molar-refractivity contribution in [1.29, 1.82) is 0 Å². The van der Waals surface area contributed by atoms with Gasteiger partial charge in [-0.15, -0.1) is 0 Å². The Hall–Kier alpha value is -3.20. The Kier molecular flexibility index (Phi) is 5.21. The van der Waals surface area contributed by atoms with Crippen LogP contribution in [0.4, 0.5) is 13.2 Å². The van der Waals surface area contributed by atoms with E-state index < -0.39 is 11.9 Å². The third kappa shape index (κ3) is 4.00. The molecule has 0 N–H and O–H groups in total. The summed E-state index contributed by atoms with van der Waals surface area (Å²) < 4.78 is 43.9. The number of hydrogen-bond donors (Lipinski definition) is 0. The van der Waals surface area contributed by atoms with Gasteiger partial charge in [0.15, 0.2) is 5.65 Å². The summed E-state index contributed by atoms with van der Waals surface area (Å²) in [7, 11) is 0. The summed E-state index contributed by atoms with van der Waals surface area (Å²) in [6, 6.07) is 10.8. The molecule has 9 heteroatoms. The van der Waals surface area contributed by atoms with Gasteiger partial charge in [-0.2, -0.15) is 18.3 Å². The molecule has 0 amide bonds. The van der Waals surface area contributed by atoms with Crippen LogP contribution in [0.1, 0.15) is 41.5 Å². The van der Waals surface area contributed by atoms with Gasteiger partial charge in [0, 0.05) is 42.3 Å². The maximum Gasteiger partial charge on any atom is 0.433 e. The molecule has 0 radical (unpaired) electrons. The molecule has 0 spiro atoms. The Morgan fingerprint density at radius 1 is 1.09 bits per heavy atom. The van der Waals surface area contributed by atoms with Crippen molar-refractivity contribution >= 4 is 5.65 Å². The molecule has 1 aliphatic rings. The minimum Gasteiger partial charge on any atom is -0.318 e. The highest BCUT2D eigenvalue weighted by Gasteiger charge is 2.36. The zero-order chi connectivity index (χ0) is 22.3. The summed E-state index contributed by atoms with van der Waals surface area (Å²) in [5, 5.41) is 3.97. The highest BCUT2D eigenvalue weighted by Crippen LogP contribution is 2.34. The first-order chi connectivity index (χ1) is 15.4. The highest BCUT2D eigenvalue weighted by molar-refractivity contribution is 5.43. The molecule has 0 atom stereocenters. The van der Waals surface area contributed by atoms with Crippen LogP contribution in [0.2, 0.25) is 0 Å². The molecule has 1 fully saturated rings. The molecule has 6 nitrogen and oxygen atoms in total. The third-order valence-corrected chi connectivity index (χ3v) is 6.01. The first-order valence-corrected chi connectivity index (χ1v) is 10.6. The lowest BCUT2D eigenvalue weighted by Gasteiger charge is -2.32. The van der Waals surface area contributed by atoms with Crippen molar-refractivity contribution < 1.29 is 13.2 Å². The van der Waals surface area contributed by atoms with Crippen molar-refractivity contribution in [3.8, 4) is 5.69 Å². The molecule has 1 aliphatic heterocycles. The van der Waals surface area contributed by atoms with E-state index >= 15 is 0 Å². The fraction of sp³-hybridized carbons (Fsp3) is 0.348. The number of halogens is 3. The van der Waals surface area contributed by atoms with Gasteiger partial charge in [0.2, 0.25) is 0 Å². The van der Waals surface area contributed by atoms with Crippen molar-refractivity contribution in [2.24, 2.45) is 0 Å². The number of pyridine rings is 1. The first kappa shape index (κ1) is 20.7. The molecule has 5 rings (SSSR count). The smallest absolute Gasteiger partial charge is 0.318 e. The van der Waals surface area contributed by atoms with Crippen LogP contribution in [-0.4, -0.2) is 42.1 Å². The van der Waals surface area contributed by atoms with Gasteiger partial charge in [-0.3, -0.25) is 9.88 Å². The van der Waals surface area contributed by atoms with E-state index in [4.69, 9.17) is 0 Å². The topological polar surface area (TPSA) is 51.2 Å². The second kappa shape index (κ2) is 8.05. The molecule has 4 aromatic rings. The molecule has 0 bridgehead atoms. The lowest BCUT2D eigenvalue weighted by Crippen LogP contribution is -2.33. The monoisotopic (exact) mass is 440 g/mol. The number of aryl methyl sites for hydroxylation is 1. The molecular formula is C23H23F3N6. The van der Waals surface area contributed by atoms with E-state index in [1.165, 1.54) is 6.07 Å². The van der Waals surface area contributed by atoms with Crippen LogP contribution in [0, 0.1) is 6.92 Å². The van der Waals surface area contributed by atoms with Crippen LogP contribution >= 0.6 is 0 Å². The van der Waals surface area contributed by atoms with Crippen LogP contribution in [0.5, 0.6) is 0 Å². The van der Waals surface area contributed by atoms with E-state index in [0.717, 1.165) is 48.4 Å². The van der Waals surface area contributed by atoms with Gasteiger partial charge in [-0.1, -0.05) is 0 Å². The molecule has 1 saturated heterocycles. The van der Waals surface area contributed by atoms with Crippen molar-refractivity contribution in [1.82, 2.24) is 29.0 Å². The number of likely N-dealkylation sites (tertiary alicyclic amines) is 1. The maximum atomic E-state index is 13.6. The second-order valence-corrected chi connectivity index (χ2v) is 8.25. The zero-order valence-corrected chi connectivity index (χ0v) is 17.6. The van der Waals surface area contributed by atoms with Crippen LogP contribution in [0.25, 0.3) is 11.3 Å². The van der Waals surface area contributed by atoms with E-state index in [-0.39, 0.29) is 11.6 Å². The Balaban J connectivity index is 1.32. The standard InChI is InChI=1S/C23H23F3N6/c1-16-12-22-28-20(13-21(23(24,25)26)32(22)29-16)17-6-10-30(11-7-17)15-19-5-3-9-31(19)18-4-2-8-27-14-18/h2-5,8-9,12-14,17H,6-7,10-11,15H2,1H3. The minimum absolute atomic E-state index is 0.00216. The van der Waals surface area contributed by atoms with Gasteiger partial charge in [-0.25, -0.2) is 9.50 Å². The van der Waals surface area contributed by atoms with Crippen LogP contribution < -0.4 is 0 Å². The maximum absolute atomic E-state index is 13.6. The molecule has 0 aromatic carbocycles. The summed E-state index contributed by atoms with van der Waals surface area (Å²) in [6.45, 7) is 4.05. The Labute approximate surface area is 183 Å². The number of hydrogen-bond acceptors (Lipinski definition) is 4. The van der Waals surface area contributed by atoms with Gasteiger partial charge in [-0.05, 0) is 63.2 Å². The lowest BCUT2D eigenvalue weighted by molar-refractivity contribution is -0.142. The average molecular weight is 440 g/mol. The van der Waals surface area contributed by atoms with Crippen LogP contribution in [0.15, 0.2) is 55.0 Å². The predicted octanol–water partition coefficient (Wildman–Crippen LogP) is 4.62. The Morgan fingerprint density at radius 2 is 1.91 bits per heavy atom. The van der Waals surface area contributed by atoms with Gasteiger partial charge in [0.25, 0.3) is 0 Å². The normalized spacial score (nSPS) is 16.1.